The van der Waals surface area contributed by atoms with Gasteiger partial charge >= 0.3 is 0 Å². The molecule has 1 N–H and O–H groups in total. The molecule has 8 heteroatoms. The Bertz CT molecular complexity index is 1150. The molecular weight excluding hydrogens is 460 g/mol. The summed E-state index contributed by atoms with van der Waals surface area (Å²) in [7, 11) is 6.82. The number of likely N-dealkylation sites (tertiary alicyclic amines) is 1. The van der Waals surface area contributed by atoms with Crippen LogP contribution in [0.25, 0.3) is 5.76 Å². The molecule has 0 aliphatic carbocycles. The second kappa shape index (κ2) is 11.5. The first-order chi connectivity index (χ1) is 17.1. The van der Waals surface area contributed by atoms with E-state index in [-0.39, 0.29) is 11.3 Å². The number of aryl methyl sites for hydroxylation is 1. The third kappa shape index (κ3) is 5.49. The number of aliphatic hydroxyl groups excluding tert-OH is 1. The van der Waals surface area contributed by atoms with Gasteiger partial charge in [0.25, 0.3) is 11.7 Å². The van der Waals surface area contributed by atoms with Gasteiger partial charge in [-0.3, -0.25) is 9.59 Å². The molecule has 0 saturated carbocycles. The van der Waals surface area contributed by atoms with Crippen LogP contribution in [0.5, 0.6) is 17.2 Å². The Hall–Kier alpha value is -3.52. The highest BCUT2D eigenvalue weighted by Crippen LogP contribution is 2.45. The number of amides is 1. The molecule has 1 fully saturated rings. The van der Waals surface area contributed by atoms with Gasteiger partial charge in [-0.25, -0.2) is 0 Å². The van der Waals surface area contributed by atoms with Crippen molar-refractivity contribution in [2.45, 2.75) is 26.8 Å². The maximum absolute atomic E-state index is 13.3. The van der Waals surface area contributed by atoms with Crippen LogP contribution in [0.15, 0.2) is 42.0 Å². The minimum Gasteiger partial charge on any atom is -0.507 e. The van der Waals surface area contributed by atoms with Crippen LogP contribution in [0.2, 0.25) is 0 Å². The zero-order valence-electron chi connectivity index (χ0n) is 22.1. The molecule has 0 aromatic heterocycles. The van der Waals surface area contributed by atoms with Gasteiger partial charge in [0.1, 0.15) is 11.5 Å². The summed E-state index contributed by atoms with van der Waals surface area (Å²) in [6.45, 7) is 7.41. The molecule has 194 valence electrons. The zero-order chi connectivity index (χ0) is 26.6. The van der Waals surface area contributed by atoms with E-state index < -0.39 is 17.7 Å². The first-order valence-electron chi connectivity index (χ1n) is 12.0. The summed E-state index contributed by atoms with van der Waals surface area (Å²) in [5, 5.41) is 11.4. The highest BCUT2D eigenvalue weighted by Gasteiger charge is 2.47. The Labute approximate surface area is 213 Å². The summed E-state index contributed by atoms with van der Waals surface area (Å²) in [5.74, 6) is 0.304. The molecule has 1 heterocycles. The average molecular weight is 497 g/mol. The number of nitrogens with zero attached hydrogens (tertiary/aromatic N) is 2. The SMILES string of the molecule is COc1cccc(C2/C(=C(\O)c3ccc(OCC(C)C)c(C)c3)C(=O)C(=O)N2CCN(C)C)c1OC. The quantitative estimate of drug-likeness (QED) is 0.302. The van der Waals surface area contributed by atoms with Crippen LogP contribution in [0.4, 0.5) is 0 Å². The Morgan fingerprint density at radius 1 is 1.08 bits per heavy atom. The van der Waals surface area contributed by atoms with Gasteiger partial charge < -0.3 is 29.1 Å². The van der Waals surface area contributed by atoms with Gasteiger partial charge in [-0.05, 0) is 56.8 Å². The second-order valence-electron chi connectivity index (χ2n) is 9.56. The van der Waals surface area contributed by atoms with Crippen molar-refractivity contribution in [3.63, 3.8) is 0 Å². The van der Waals surface area contributed by atoms with Gasteiger partial charge in [0.15, 0.2) is 11.5 Å². The van der Waals surface area contributed by atoms with E-state index in [9.17, 15) is 14.7 Å². The number of rotatable bonds is 10. The fraction of sp³-hybridized carbons (Fsp3) is 0.429. The Balaban J connectivity index is 2.17. The van der Waals surface area contributed by atoms with Gasteiger partial charge in [-0.2, -0.15) is 0 Å². The van der Waals surface area contributed by atoms with Gasteiger partial charge in [0, 0.05) is 24.2 Å². The van der Waals surface area contributed by atoms with Crippen LogP contribution < -0.4 is 14.2 Å². The maximum Gasteiger partial charge on any atom is 0.295 e. The van der Waals surface area contributed by atoms with Crippen LogP contribution in [-0.4, -0.2) is 74.6 Å². The van der Waals surface area contributed by atoms with E-state index in [1.807, 2.05) is 25.9 Å². The summed E-state index contributed by atoms with van der Waals surface area (Å²) in [6.07, 6.45) is 0. The molecule has 0 bridgehead atoms. The van der Waals surface area contributed by atoms with Crippen molar-refractivity contribution in [2.75, 3.05) is 48.0 Å². The minimum absolute atomic E-state index is 0.0144. The van der Waals surface area contributed by atoms with Crippen molar-refractivity contribution in [1.29, 1.82) is 0 Å². The molecule has 0 spiro atoms. The lowest BCUT2D eigenvalue weighted by molar-refractivity contribution is -0.140. The third-order valence-electron chi connectivity index (χ3n) is 6.08. The van der Waals surface area contributed by atoms with Crippen molar-refractivity contribution in [3.8, 4) is 17.2 Å². The standard InChI is InChI=1S/C28H36N2O6/c1-17(2)16-36-21-12-11-19(15-18(21)3)25(31)23-24(20-9-8-10-22(34-6)27(20)35-7)30(14-13-29(4)5)28(33)26(23)32/h8-12,15,17,24,31H,13-14,16H2,1-7H3/b25-23+. The predicted octanol–water partition coefficient (Wildman–Crippen LogP) is 4.03. The van der Waals surface area contributed by atoms with Crippen LogP contribution in [0, 0.1) is 12.8 Å². The molecule has 1 unspecified atom stereocenters. The Morgan fingerprint density at radius 3 is 2.39 bits per heavy atom. The number of hydrogen-bond acceptors (Lipinski definition) is 7. The maximum atomic E-state index is 13.3. The summed E-state index contributed by atoms with van der Waals surface area (Å²) in [6, 6.07) is 9.69. The topological polar surface area (TPSA) is 88.5 Å². The lowest BCUT2D eigenvalue weighted by atomic mass is 9.94. The van der Waals surface area contributed by atoms with E-state index in [0.717, 1.165) is 5.56 Å². The van der Waals surface area contributed by atoms with Gasteiger partial charge in [-0.15, -0.1) is 0 Å². The monoisotopic (exact) mass is 496 g/mol. The van der Waals surface area contributed by atoms with Crippen molar-refractivity contribution in [2.24, 2.45) is 5.92 Å². The van der Waals surface area contributed by atoms with E-state index in [4.69, 9.17) is 14.2 Å². The Morgan fingerprint density at radius 2 is 1.81 bits per heavy atom. The second-order valence-corrected chi connectivity index (χ2v) is 9.56. The number of methoxy groups -OCH3 is 2. The fourth-order valence-corrected chi connectivity index (χ4v) is 4.24. The lowest BCUT2D eigenvalue weighted by Crippen LogP contribution is -2.35. The number of hydrogen-bond donors (Lipinski definition) is 1. The number of aliphatic hydroxyl groups is 1. The number of carbonyl (C=O) groups is 2. The molecule has 36 heavy (non-hydrogen) atoms. The predicted molar refractivity (Wildman–Crippen MR) is 139 cm³/mol. The molecule has 2 aromatic carbocycles. The van der Waals surface area contributed by atoms with Gasteiger partial charge in [0.2, 0.25) is 0 Å². The first-order valence-corrected chi connectivity index (χ1v) is 12.0. The summed E-state index contributed by atoms with van der Waals surface area (Å²) in [5.41, 5.74) is 1.82. The fourth-order valence-electron chi connectivity index (χ4n) is 4.24. The molecule has 0 radical (unpaired) electrons. The molecule has 8 nitrogen and oxygen atoms in total. The van der Waals surface area contributed by atoms with E-state index in [1.165, 1.54) is 19.1 Å². The minimum atomic E-state index is -0.841. The molecule has 1 saturated heterocycles. The number of benzene rings is 2. The smallest absolute Gasteiger partial charge is 0.295 e. The lowest BCUT2D eigenvalue weighted by Gasteiger charge is -2.28. The Kier molecular flexibility index (Phi) is 8.63. The number of ether oxygens (including phenoxy) is 3. The van der Waals surface area contributed by atoms with Crippen molar-refractivity contribution in [3.05, 3.63) is 58.7 Å². The van der Waals surface area contributed by atoms with Crippen LogP contribution >= 0.6 is 0 Å². The molecule has 1 aliphatic rings. The molecule has 3 rings (SSSR count). The van der Waals surface area contributed by atoms with E-state index in [1.54, 1.807) is 36.4 Å². The molecule has 1 aliphatic heterocycles. The van der Waals surface area contributed by atoms with Crippen molar-refractivity contribution in [1.82, 2.24) is 9.80 Å². The highest BCUT2D eigenvalue weighted by atomic mass is 16.5. The van der Waals surface area contributed by atoms with Gasteiger partial charge in [0.05, 0.1) is 32.4 Å². The molecule has 1 amide bonds. The van der Waals surface area contributed by atoms with Crippen molar-refractivity contribution < 1.29 is 28.9 Å². The van der Waals surface area contributed by atoms with Crippen LogP contribution in [0.3, 0.4) is 0 Å². The number of para-hydroxylation sites is 1. The number of ketones is 1. The number of Topliss-reactive ketones (excluding diaryl/α,β-unsaturated/α-hetero) is 1. The van der Waals surface area contributed by atoms with Crippen molar-refractivity contribution >= 4 is 17.4 Å². The number of likely N-dealkylation sites (N-methyl/N-ethyl adjacent to an activating group) is 1. The van der Waals surface area contributed by atoms with Crippen LogP contribution in [-0.2, 0) is 9.59 Å². The molecule has 1 atom stereocenters. The average Bonchev–Trinajstić information content (AvgIpc) is 3.10. The third-order valence-corrected chi connectivity index (χ3v) is 6.08. The first kappa shape index (κ1) is 27.1. The largest absolute Gasteiger partial charge is 0.507 e. The molecule has 2 aromatic rings. The summed E-state index contributed by atoms with van der Waals surface area (Å²) in [4.78, 5) is 29.9. The normalized spacial score (nSPS) is 17.2. The van der Waals surface area contributed by atoms with E-state index in [2.05, 4.69) is 13.8 Å². The van der Waals surface area contributed by atoms with Gasteiger partial charge in [-0.1, -0.05) is 26.0 Å². The number of carbonyl (C=O) groups excluding carboxylic acids is 2. The molecular formula is C28H36N2O6. The highest BCUT2D eigenvalue weighted by molar-refractivity contribution is 6.46. The van der Waals surface area contributed by atoms with Crippen LogP contribution in [0.1, 0.15) is 36.6 Å². The zero-order valence-corrected chi connectivity index (χ0v) is 22.1. The van der Waals surface area contributed by atoms with E-state index >= 15 is 0 Å². The summed E-state index contributed by atoms with van der Waals surface area (Å²) < 4.78 is 16.9. The summed E-state index contributed by atoms with van der Waals surface area (Å²) >= 11 is 0. The van der Waals surface area contributed by atoms with E-state index in [0.29, 0.717) is 54.0 Å².